The van der Waals surface area contributed by atoms with Crippen LogP contribution in [0.3, 0.4) is 0 Å². The fourth-order valence-electron chi connectivity index (χ4n) is 4.22. The Kier molecular flexibility index (Phi) is 5.11. The average molecular weight is 356 g/mol. The molecule has 0 aromatic heterocycles. The molecule has 2 aliphatic heterocycles. The first kappa shape index (κ1) is 17.3. The highest BCUT2D eigenvalue weighted by atomic mass is 16.2. The molecule has 2 heterocycles. The minimum Gasteiger partial charge on any atom is -0.347 e. The van der Waals surface area contributed by atoms with E-state index < -0.39 is 0 Å². The van der Waals surface area contributed by atoms with Crippen molar-refractivity contribution in [2.45, 2.75) is 50.2 Å². The van der Waals surface area contributed by atoms with Crippen molar-refractivity contribution in [3.05, 3.63) is 35.9 Å². The Morgan fingerprint density at radius 3 is 2.42 bits per heavy atom. The number of hydrogen-bond acceptors (Lipinski definition) is 3. The zero-order valence-electron chi connectivity index (χ0n) is 15.2. The number of nitrogens with zero attached hydrogens (tertiary/aromatic N) is 2. The fourth-order valence-corrected chi connectivity index (χ4v) is 4.22. The van der Waals surface area contributed by atoms with E-state index in [0.29, 0.717) is 12.8 Å². The largest absolute Gasteiger partial charge is 0.347 e. The Labute approximate surface area is 154 Å². The van der Waals surface area contributed by atoms with Gasteiger partial charge in [0.1, 0.15) is 0 Å². The summed E-state index contributed by atoms with van der Waals surface area (Å²) in [6.45, 7) is 3.53. The number of benzene rings is 1. The number of hydrogen-bond donors (Lipinski definition) is 2. The van der Waals surface area contributed by atoms with E-state index in [1.807, 2.05) is 35.2 Å². The van der Waals surface area contributed by atoms with Gasteiger partial charge in [0.15, 0.2) is 0 Å². The predicted molar refractivity (Wildman–Crippen MR) is 99.7 cm³/mol. The lowest BCUT2D eigenvalue weighted by Gasteiger charge is -2.43. The van der Waals surface area contributed by atoms with E-state index in [0.717, 1.165) is 37.8 Å². The molecule has 2 saturated heterocycles. The van der Waals surface area contributed by atoms with Gasteiger partial charge >= 0.3 is 6.03 Å². The zero-order chi connectivity index (χ0) is 17.9. The van der Waals surface area contributed by atoms with Crippen molar-refractivity contribution in [3.63, 3.8) is 0 Å². The number of amides is 3. The molecular formula is C20H28N4O2. The van der Waals surface area contributed by atoms with Crippen molar-refractivity contribution in [1.82, 2.24) is 20.4 Å². The van der Waals surface area contributed by atoms with Crippen LogP contribution in [0.25, 0.3) is 0 Å². The Balaban J connectivity index is 1.35. The van der Waals surface area contributed by atoms with Crippen molar-refractivity contribution in [2.75, 3.05) is 26.2 Å². The molecule has 6 nitrogen and oxygen atoms in total. The van der Waals surface area contributed by atoms with Crippen LogP contribution in [0.2, 0.25) is 0 Å². The van der Waals surface area contributed by atoms with Gasteiger partial charge < -0.3 is 15.5 Å². The molecule has 0 spiro atoms. The summed E-state index contributed by atoms with van der Waals surface area (Å²) in [6, 6.07) is 10.4. The number of nitrogens with one attached hydrogen (secondary N) is 2. The van der Waals surface area contributed by atoms with Crippen LogP contribution in [0.15, 0.2) is 30.3 Å². The maximum absolute atomic E-state index is 12.8. The number of urea groups is 1. The maximum atomic E-state index is 12.8. The van der Waals surface area contributed by atoms with Gasteiger partial charge in [-0.25, -0.2) is 4.79 Å². The number of rotatable bonds is 3. The highest BCUT2D eigenvalue weighted by Gasteiger charge is 2.33. The average Bonchev–Trinajstić information content (AvgIpc) is 2.63. The number of carbonyl (C=O) groups is 2. The van der Waals surface area contributed by atoms with E-state index in [4.69, 9.17) is 0 Å². The Morgan fingerprint density at radius 2 is 1.77 bits per heavy atom. The highest BCUT2D eigenvalue weighted by Crippen LogP contribution is 2.26. The zero-order valence-corrected chi connectivity index (χ0v) is 15.2. The van der Waals surface area contributed by atoms with Gasteiger partial charge in [0, 0.05) is 38.6 Å². The summed E-state index contributed by atoms with van der Waals surface area (Å²) >= 11 is 0. The molecule has 0 unspecified atom stereocenters. The van der Waals surface area contributed by atoms with Crippen LogP contribution in [-0.2, 0) is 4.79 Å². The molecule has 2 N–H and O–H groups in total. The molecule has 1 aromatic rings. The minimum absolute atomic E-state index is 0.000314. The SMILES string of the molecule is O=C1CC[C@@H](NC(=O)N2CCN(C3CCC3)CC2)[C@H](c2ccccc2)N1. The third-order valence-corrected chi connectivity index (χ3v) is 6.06. The van der Waals surface area contributed by atoms with Crippen molar-refractivity contribution >= 4 is 11.9 Å². The van der Waals surface area contributed by atoms with E-state index in [1.54, 1.807) is 0 Å². The van der Waals surface area contributed by atoms with Crippen molar-refractivity contribution in [1.29, 1.82) is 0 Å². The molecule has 0 radical (unpaired) electrons. The van der Waals surface area contributed by atoms with Gasteiger partial charge in [0.2, 0.25) is 5.91 Å². The van der Waals surface area contributed by atoms with Crippen LogP contribution in [0, 0.1) is 0 Å². The van der Waals surface area contributed by atoms with Gasteiger partial charge in [-0.15, -0.1) is 0 Å². The summed E-state index contributed by atoms with van der Waals surface area (Å²) in [5, 5.41) is 6.23. The molecule has 3 aliphatic rings. The first-order valence-corrected chi connectivity index (χ1v) is 9.84. The molecule has 6 heteroatoms. The van der Waals surface area contributed by atoms with E-state index in [1.165, 1.54) is 19.3 Å². The smallest absolute Gasteiger partial charge is 0.317 e. The van der Waals surface area contributed by atoms with Gasteiger partial charge in [-0.05, 0) is 24.8 Å². The first-order chi connectivity index (χ1) is 12.7. The lowest BCUT2D eigenvalue weighted by Crippen LogP contribution is -2.58. The molecule has 0 bridgehead atoms. The molecule has 140 valence electrons. The quantitative estimate of drug-likeness (QED) is 0.869. The van der Waals surface area contributed by atoms with E-state index in [2.05, 4.69) is 15.5 Å². The Morgan fingerprint density at radius 1 is 1.04 bits per heavy atom. The van der Waals surface area contributed by atoms with Crippen LogP contribution >= 0.6 is 0 Å². The lowest BCUT2D eigenvalue weighted by molar-refractivity contribution is -0.123. The van der Waals surface area contributed by atoms with Gasteiger partial charge in [0.05, 0.1) is 12.1 Å². The summed E-state index contributed by atoms with van der Waals surface area (Å²) in [5.41, 5.74) is 1.04. The van der Waals surface area contributed by atoms with E-state index in [-0.39, 0.29) is 24.0 Å². The summed E-state index contributed by atoms with van der Waals surface area (Å²) in [7, 11) is 0. The maximum Gasteiger partial charge on any atom is 0.317 e. The third kappa shape index (κ3) is 3.70. The second-order valence-corrected chi connectivity index (χ2v) is 7.66. The summed E-state index contributed by atoms with van der Waals surface area (Å²) in [4.78, 5) is 29.1. The van der Waals surface area contributed by atoms with Crippen molar-refractivity contribution < 1.29 is 9.59 Å². The number of piperidine rings is 1. The van der Waals surface area contributed by atoms with Crippen molar-refractivity contribution in [3.8, 4) is 0 Å². The molecule has 1 aliphatic carbocycles. The highest BCUT2D eigenvalue weighted by molar-refractivity contribution is 5.79. The lowest BCUT2D eigenvalue weighted by atomic mass is 9.91. The summed E-state index contributed by atoms with van der Waals surface area (Å²) in [6.07, 6.45) is 5.11. The third-order valence-electron chi connectivity index (χ3n) is 6.06. The standard InChI is InChI=1S/C20H28N4O2/c25-18-10-9-17(19(22-18)15-5-2-1-3-6-15)21-20(26)24-13-11-23(12-14-24)16-7-4-8-16/h1-3,5-6,16-17,19H,4,7-14H2,(H,21,26)(H,22,25)/t17-,19+/m1/s1. The second-order valence-electron chi connectivity index (χ2n) is 7.66. The number of piperazine rings is 1. The van der Waals surface area contributed by atoms with Crippen LogP contribution in [0.4, 0.5) is 4.79 Å². The molecule has 3 amide bonds. The van der Waals surface area contributed by atoms with Crippen LogP contribution < -0.4 is 10.6 Å². The second kappa shape index (κ2) is 7.66. The van der Waals surface area contributed by atoms with Gasteiger partial charge in [0.25, 0.3) is 0 Å². The molecular weight excluding hydrogens is 328 g/mol. The normalized spacial score (nSPS) is 27.5. The predicted octanol–water partition coefficient (Wildman–Crippen LogP) is 1.89. The molecule has 1 aromatic carbocycles. The summed E-state index contributed by atoms with van der Waals surface area (Å²) < 4.78 is 0. The molecule has 4 rings (SSSR count). The first-order valence-electron chi connectivity index (χ1n) is 9.84. The Bertz CT molecular complexity index is 638. The van der Waals surface area contributed by atoms with E-state index in [9.17, 15) is 9.59 Å². The fraction of sp³-hybridized carbons (Fsp3) is 0.600. The van der Waals surface area contributed by atoms with Gasteiger partial charge in [-0.3, -0.25) is 9.69 Å². The molecule has 1 saturated carbocycles. The minimum atomic E-state index is -0.155. The Hall–Kier alpha value is -2.08. The monoisotopic (exact) mass is 356 g/mol. The molecule has 26 heavy (non-hydrogen) atoms. The van der Waals surface area contributed by atoms with Crippen LogP contribution in [-0.4, -0.2) is 60.0 Å². The summed E-state index contributed by atoms with van der Waals surface area (Å²) in [5.74, 6) is 0.0541. The van der Waals surface area contributed by atoms with Crippen molar-refractivity contribution in [2.24, 2.45) is 0 Å². The van der Waals surface area contributed by atoms with Gasteiger partial charge in [-0.2, -0.15) is 0 Å². The van der Waals surface area contributed by atoms with Crippen LogP contribution in [0.5, 0.6) is 0 Å². The molecule has 3 fully saturated rings. The topological polar surface area (TPSA) is 64.7 Å². The number of carbonyl (C=O) groups excluding carboxylic acids is 2. The van der Waals surface area contributed by atoms with Gasteiger partial charge in [-0.1, -0.05) is 36.8 Å². The van der Waals surface area contributed by atoms with Crippen LogP contribution in [0.1, 0.15) is 43.7 Å². The van der Waals surface area contributed by atoms with E-state index >= 15 is 0 Å². The molecule has 2 atom stereocenters.